The van der Waals surface area contributed by atoms with E-state index in [1.54, 1.807) is 6.07 Å². The van der Waals surface area contributed by atoms with Crippen LogP contribution in [0.2, 0.25) is 0 Å². The maximum absolute atomic E-state index is 12.8. The van der Waals surface area contributed by atoms with Crippen molar-refractivity contribution in [1.29, 1.82) is 0 Å². The smallest absolute Gasteiger partial charge is 0.262 e. The van der Waals surface area contributed by atoms with Gasteiger partial charge in [-0.1, -0.05) is 19.8 Å². The Kier molecular flexibility index (Phi) is 7.38. The molecule has 2 aliphatic rings. The molecule has 0 spiro atoms. The molecule has 2 aliphatic heterocycles. The number of rotatable bonds is 10. The van der Waals surface area contributed by atoms with E-state index in [-0.39, 0.29) is 29.9 Å². The van der Waals surface area contributed by atoms with Crippen LogP contribution in [0.3, 0.4) is 0 Å². The molecule has 1 unspecified atom stereocenters. The summed E-state index contributed by atoms with van der Waals surface area (Å²) in [4.78, 5) is 61.0. The Balaban J connectivity index is 1.48. The Bertz CT molecular complexity index is 897. The number of carbonyl (C=O) groups is 5. The van der Waals surface area contributed by atoms with E-state index < -0.39 is 29.7 Å². The first-order valence-corrected chi connectivity index (χ1v) is 10.7. The summed E-state index contributed by atoms with van der Waals surface area (Å²) in [5.41, 5.74) is 0.440. The highest BCUT2D eigenvalue weighted by molar-refractivity contribution is 6.23. The highest BCUT2D eigenvalue weighted by atomic mass is 16.5. The van der Waals surface area contributed by atoms with Crippen molar-refractivity contribution in [1.82, 2.24) is 15.5 Å². The van der Waals surface area contributed by atoms with E-state index in [4.69, 9.17) is 4.74 Å². The highest BCUT2D eigenvalue weighted by Crippen LogP contribution is 2.30. The van der Waals surface area contributed by atoms with Crippen molar-refractivity contribution in [2.24, 2.45) is 0 Å². The molecule has 31 heavy (non-hydrogen) atoms. The minimum atomic E-state index is -0.975. The maximum atomic E-state index is 12.8. The molecule has 5 amide bonds. The lowest BCUT2D eigenvalue weighted by Crippen LogP contribution is -2.54. The van der Waals surface area contributed by atoms with Crippen LogP contribution in [0, 0.1) is 0 Å². The summed E-state index contributed by atoms with van der Waals surface area (Å²) in [6, 6.07) is 3.73. The first-order chi connectivity index (χ1) is 14.9. The minimum Gasteiger partial charge on any atom is -0.494 e. The average Bonchev–Trinajstić information content (AvgIpc) is 3.00. The summed E-state index contributed by atoms with van der Waals surface area (Å²) in [6.45, 7) is 2.97. The molecule has 9 nitrogen and oxygen atoms in total. The van der Waals surface area contributed by atoms with E-state index in [1.807, 2.05) is 6.92 Å². The van der Waals surface area contributed by atoms with E-state index in [2.05, 4.69) is 10.6 Å². The number of fused-ring (bicyclic) bond motifs is 1. The fraction of sp³-hybridized carbons (Fsp3) is 0.500. The van der Waals surface area contributed by atoms with Crippen LogP contribution in [0.25, 0.3) is 0 Å². The normalized spacial score (nSPS) is 18.1. The molecule has 0 saturated carbocycles. The van der Waals surface area contributed by atoms with Crippen LogP contribution in [0.5, 0.6) is 5.75 Å². The zero-order valence-electron chi connectivity index (χ0n) is 17.6. The SMILES string of the molecule is CCC(=O)NCCCCCCOc1ccc2c(c1)C(=O)N(C1CCC(=O)NC1=O)C2=O. The van der Waals surface area contributed by atoms with Gasteiger partial charge in [0.1, 0.15) is 11.8 Å². The van der Waals surface area contributed by atoms with Gasteiger partial charge in [0, 0.05) is 19.4 Å². The number of piperidine rings is 1. The number of unbranched alkanes of at least 4 members (excludes halogenated alkanes) is 3. The number of benzene rings is 1. The number of carbonyl (C=O) groups excluding carboxylic acids is 5. The van der Waals surface area contributed by atoms with Gasteiger partial charge in [-0.05, 0) is 37.5 Å². The predicted octanol–water partition coefficient (Wildman–Crippen LogP) is 1.55. The molecular weight excluding hydrogens is 402 g/mol. The molecule has 0 aliphatic carbocycles. The number of amides is 5. The Morgan fingerprint density at radius 3 is 2.58 bits per heavy atom. The van der Waals surface area contributed by atoms with Crippen molar-refractivity contribution >= 4 is 29.5 Å². The Labute approximate surface area is 180 Å². The summed E-state index contributed by atoms with van der Waals surface area (Å²) in [6.07, 6.45) is 4.38. The van der Waals surface area contributed by atoms with Crippen molar-refractivity contribution in [2.75, 3.05) is 13.2 Å². The van der Waals surface area contributed by atoms with Crippen LogP contribution in [0.1, 0.15) is 72.6 Å². The van der Waals surface area contributed by atoms with Crippen LogP contribution >= 0.6 is 0 Å². The molecule has 9 heteroatoms. The third kappa shape index (κ3) is 5.28. The van der Waals surface area contributed by atoms with Gasteiger partial charge in [-0.3, -0.25) is 34.2 Å². The van der Waals surface area contributed by atoms with E-state index in [1.165, 1.54) is 12.1 Å². The number of nitrogens with one attached hydrogen (secondary N) is 2. The number of hydrogen-bond acceptors (Lipinski definition) is 6. The molecule has 2 heterocycles. The predicted molar refractivity (Wildman–Crippen MR) is 110 cm³/mol. The van der Waals surface area contributed by atoms with Gasteiger partial charge in [0.15, 0.2) is 0 Å². The van der Waals surface area contributed by atoms with Crippen molar-refractivity contribution in [3.8, 4) is 5.75 Å². The van der Waals surface area contributed by atoms with E-state index in [9.17, 15) is 24.0 Å². The first kappa shape index (κ1) is 22.5. The van der Waals surface area contributed by atoms with Gasteiger partial charge in [-0.25, -0.2) is 0 Å². The van der Waals surface area contributed by atoms with Crippen molar-refractivity contribution < 1.29 is 28.7 Å². The summed E-state index contributed by atoms with van der Waals surface area (Å²) in [5.74, 6) is -1.56. The molecule has 1 fully saturated rings. The van der Waals surface area contributed by atoms with Crippen LogP contribution in [-0.2, 0) is 14.4 Å². The number of hydrogen-bond donors (Lipinski definition) is 2. The van der Waals surface area contributed by atoms with E-state index >= 15 is 0 Å². The van der Waals surface area contributed by atoms with Crippen LogP contribution in [0.4, 0.5) is 0 Å². The van der Waals surface area contributed by atoms with Crippen molar-refractivity contribution in [3.05, 3.63) is 29.3 Å². The molecular formula is C22H27N3O6. The Morgan fingerprint density at radius 2 is 1.84 bits per heavy atom. The lowest BCUT2D eigenvalue weighted by atomic mass is 10.0. The second-order valence-electron chi connectivity index (χ2n) is 7.62. The lowest BCUT2D eigenvalue weighted by molar-refractivity contribution is -0.136. The van der Waals surface area contributed by atoms with Gasteiger partial charge in [0.25, 0.3) is 11.8 Å². The summed E-state index contributed by atoms with van der Waals surface area (Å²) >= 11 is 0. The molecule has 1 aromatic carbocycles. The number of nitrogens with zero attached hydrogens (tertiary/aromatic N) is 1. The first-order valence-electron chi connectivity index (χ1n) is 10.7. The summed E-state index contributed by atoms with van der Waals surface area (Å²) < 4.78 is 5.72. The molecule has 1 aromatic rings. The van der Waals surface area contributed by atoms with Crippen LogP contribution in [-0.4, -0.2) is 53.6 Å². The molecule has 166 valence electrons. The van der Waals surface area contributed by atoms with Gasteiger partial charge in [0.05, 0.1) is 17.7 Å². The van der Waals surface area contributed by atoms with Gasteiger partial charge < -0.3 is 10.1 Å². The van der Waals surface area contributed by atoms with Gasteiger partial charge in [-0.2, -0.15) is 0 Å². The Hall–Kier alpha value is -3.23. The van der Waals surface area contributed by atoms with E-state index in [0.717, 1.165) is 30.6 Å². The van der Waals surface area contributed by atoms with Crippen LogP contribution in [0.15, 0.2) is 18.2 Å². The zero-order chi connectivity index (χ0) is 22.4. The second-order valence-corrected chi connectivity index (χ2v) is 7.62. The molecule has 0 radical (unpaired) electrons. The van der Waals surface area contributed by atoms with Gasteiger partial charge in [0.2, 0.25) is 17.7 Å². The molecule has 0 aromatic heterocycles. The maximum Gasteiger partial charge on any atom is 0.262 e. The quantitative estimate of drug-likeness (QED) is 0.430. The zero-order valence-corrected chi connectivity index (χ0v) is 17.6. The average molecular weight is 429 g/mol. The van der Waals surface area contributed by atoms with Gasteiger partial charge >= 0.3 is 0 Å². The van der Waals surface area contributed by atoms with Crippen LogP contribution < -0.4 is 15.4 Å². The number of ether oxygens (including phenoxy) is 1. The third-order valence-electron chi connectivity index (χ3n) is 5.39. The van der Waals surface area contributed by atoms with Crippen molar-refractivity contribution in [2.45, 2.75) is 57.9 Å². The summed E-state index contributed by atoms with van der Waals surface area (Å²) in [5, 5.41) is 5.01. The fourth-order valence-corrected chi connectivity index (χ4v) is 3.66. The monoisotopic (exact) mass is 429 g/mol. The summed E-state index contributed by atoms with van der Waals surface area (Å²) in [7, 11) is 0. The van der Waals surface area contributed by atoms with Gasteiger partial charge in [-0.15, -0.1) is 0 Å². The molecule has 1 atom stereocenters. The fourth-order valence-electron chi connectivity index (χ4n) is 3.66. The highest BCUT2D eigenvalue weighted by Gasteiger charge is 2.44. The van der Waals surface area contributed by atoms with Crippen molar-refractivity contribution in [3.63, 3.8) is 0 Å². The molecule has 2 N–H and O–H groups in total. The molecule has 1 saturated heterocycles. The molecule has 3 rings (SSSR count). The third-order valence-corrected chi connectivity index (χ3v) is 5.39. The topological polar surface area (TPSA) is 122 Å². The standard InChI is InChI=1S/C22H27N3O6/c1-2-18(26)23-11-5-3-4-6-12-31-14-7-8-15-16(13-14)22(30)25(21(15)29)17-9-10-19(27)24-20(17)28/h7-8,13,17H,2-6,9-12H2,1H3,(H,23,26)(H,24,27,28). The minimum absolute atomic E-state index is 0.0594. The Morgan fingerprint density at radius 1 is 1.10 bits per heavy atom. The molecule has 0 bridgehead atoms. The number of imide groups is 2. The second kappa shape index (κ2) is 10.2. The van der Waals surface area contributed by atoms with E-state index in [0.29, 0.717) is 25.3 Å². The lowest BCUT2D eigenvalue weighted by Gasteiger charge is -2.27. The largest absolute Gasteiger partial charge is 0.494 e.